The van der Waals surface area contributed by atoms with Gasteiger partial charge in [-0.05, 0) is 98.4 Å². The van der Waals surface area contributed by atoms with E-state index in [1.54, 1.807) is 72.7 Å². The normalized spacial score (nSPS) is 11.9. The molecule has 0 aliphatic rings. The van der Waals surface area contributed by atoms with Crippen LogP contribution in [0, 0.1) is 36.5 Å². The van der Waals surface area contributed by atoms with Crippen LogP contribution in [0.1, 0.15) is 68.5 Å². The minimum Gasteiger partial charge on any atom is -0.488 e. The molecule has 0 radical (unpaired) electrons. The van der Waals surface area contributed by atoms with E-state index in [0.717, 1.165) is 33.4 Å². The Balaban J connectivity index is 1.23. The predicted molar refractivity (Wildman–Crippen MR) is 269 cm³/mol. The maximum atomic E-state index is 12.0. The molecule has 374 valence electrons. The number of likely N-dealkylation sites (N-methyl/N-ethyl adjacent to an activating group) is 2. The first-order valence-electron chi connectivity index (χ1n) is 22.7. The van der Waals surface area contributed by atoms with Gasteiger partial charge in [0.05, 0.1) is 21.2 Å². The van der Waals surface area contributed by atoms with Crippen molar-refractivity contribution in [1.29, 1.82) is 10.5 Å². The van der Waals surface area contributed by atoms with E-state index in [1.807, 2.05) is 50.2 Å². The van der Waals surface area contributed by atoms with Crippen LogP contribution < -0.4 is 18.9 Å². The van der Waals surface area contributed by atoms with Gasteiger partial charge in [0.1, 0.15) is 73.6 Å². The highest BCUT2D eigenvalue weighted by Gasteiger charge is 2.26. The van der Waals surface area contributed by atoms with E-state index in [2.05, 4.69) is 22.1 Å². The molecule has 2 atom stereocenters. The molecular weight excluding hydrogens is 964 g/mol. The van der Waals surface area contributed by atoms with Crippen molar-refractivity contribution in [2.45, 2.75) is 78.3 Å². The summed E-state index contributed by atoms with van der Waals surface area (Å²) >= 11 is 13.7. The van der Waals surface area contributed by atoms with Gasteiger partial charge in [0.25, 0.3) is 0 Å². The molecule has 18 heteroatoms. The Hall–Kier alpha value is -7.28. The maximum Gasteiger partial charge on any atom is 0.321 e. The first kappa shape index (κ1) is 54.1. The van der Waals surface area contributed by atoms with Crippen molar-refractivity contribution < 1.29 is 49.0 Å². The quantitative estimate of drug-likeness (QED) is 0.0420. The molecule has 0 unspecified atom stereocenters. The van der Waals surface area contributed by atoms with Crippen LogP contribution in [0.4, 0.5) is 0 Å². The number of nitriles is 2. The molecule has 0 saturated heterocycles. The number of hydrogen-bond donors (Lipinski definition) is 4. The van der Waals surface area contributed by atoms with Gasteiger partial charge in [0, 0.05) is 85.5 Å². The minimum atomic E-state index is -1.08. The summed E-state index contributed by atoms with van der Waals surface area (Å²) < 4.78 is 25.3. The molecule has 6 rings (SSSR count). The monoisotopic (exact) mass is 1020 g/mol. The molecule has 4 aromatic carbocycles. The molecule has 0 spiro atoms. The zero-order chi connectivity index (χ0) is 51.9. The third-order valence-electron chi connectivity index (χ3n) is 12.1. The Labute approximate surface area is 427 Å². The van der Waals surface area contributed by atoms with E-state index in [9.17, 15) is 40.5 Å². The zero-order valence-electron chi connectivity index (χ0n) is 40.1. The number of benzene rings is 4. The van der Waals surface area contributed by atoms with Crippen LogP contribution in [-0.4, -0.2) is 91.5 Å². The third-order valence-corrected chi connectivity index (χ3v) is 12.7. The largest absolute Gasteiger partial charge is 0.488 e. The second kappa shape index (κ2) is 25.7. The van der Waals surface area contributed by atoms with Gasteiger partial charge in [0.15, 0.2) is 0 Å². The van der Waals surface area contributed by atoms with Crippen molar-refractivity contribution in [2.24, 2.45) is 0 Å². The molecule has 0 amide bonds. The third kappa shape index (κ3) is 14.0. The molecule has 72 heavy (non-hydrogen) atoms. The summed E-state index contributed by atoms with van der Waals surface area (Å²) in [6, 6.07) is 24.1. The van der Waals surface area contributed by atoms with Gasteiger partial charge < -0.3 is 39.4 Å². The number of aliphatic hydroxyl groups is 2. The van der Waals surface area contributed by atoms with Crippen LogP contribution >= 0.6 is 23.2 Å². The first-order valence-corrected chi connectivity index (χ1v) is 23.5. The van der Waals surface area contributed by atoms with E-state index in [4.69, 9.17) is 42.1 Å². The van der Waals surface area contributed by atoms with Gasteiger partial charge in [-0.3, -0.25) is 29.4 Å². The molecule has 0 bridgehead atoms. The number of hydrogen-bond acceptors (Lipinski definition) is 14. The van der Waals surface area contributed by atoms with Crippen LogP contribution in [-0.2, 0) is 49.1 Å². The van der Waals surface area contributed by atoms with Crippen molar-refractivity contribution in [2.75, 3.05) is 27.3 Å². The number of nitrogens with zero attached hydrogens (tertiary/aromatic N) is 6. The van der Waals surface area contributed by atoms with Crippen LogP contribution in [0.5, 0.6) is 23.0 Å². The summed E-state index contributed by atoms with van der Waals surface area (Å²) in [5.74, 6) is -0.731. The zero-order valence-corrected chi connectivity index (χ0v) is 41.7. The predicted octanol–water partition coefficient (Wildman–Crippen LogP) is 8.66. The van der Waals surface area contributed by atoms with E-state index in [0.29, 0.717) is 56.4 Å². The number of carbonyl (C=O) groups is 2. The van der Waals surface area contributed by atoms with E-state index in [1.165, 1.54) is 12.4 Å². The Morgan fingerprint density at radius 3 is 1.33 bits per heavy atom. The number of aromatic nitrogens is 2. The number of ether oxygens (including phenoxy) is 4. The number of carboxylic acids is 2. The second-order valence-corrected chi connectivity index (χ2v) is 17.9. The SMILES string of the molecule is Cc1c(COc2cc(OCc3cncc(C#N)c3)c(CN(C)[C@@H](CCO)C(=O)O)cc2Cl)cccc1-c1cccc(COc2cc(OCc3cncc(C#N)c3)c(CN(C)[C@@H](CCO)C(=O)O)cc2Cl)c1C. The van der Waals surface area contributed by atoms with Crippen molar-refractivity contribution in [3.8, 4) is 46.3 Å². The summed E-state index contributed by atoms with van der Waals surface area (Å²) in [5, 5.41) is 58.1. The molecule has 0 aliphatic heterocycles. The fraction of sp³-hybridized carbons (Fsp3) is 0.296. The number of halogens is 2. The van der Waals surface area contributed by atoms with Gasteiger partial charge in [-0.1, -0.05) is 59.6 Å². The fourth-order valence-electron chi connectivity index (χ4n) is 8.11. The molecule has 16 nitrogen and oxygen atoms in total. The Kier molecular flexibility index (Phi) is 19.3. The van der Waals surface area contributed by atoms with Gasteiger partial charge in [-0.2, -0.15) is 10.5 Å². The van der Waals surface area contributed by atoms with Crippen LogP contribution in [0.25, 0.3) is 11.1 Å². The highest BCUT2D eigenvalue weighted by molar-refractivity contribution is 6.32. The standard InChI is InChI=1S/C54H54Cl2N6O10/c1-33-39(31-71-51-19-49(69-29-37-15-35(21-57)23-59-25-37)41(17-45(51)55)27-61(3)47(11-13-63)53(65)66)7-5-9-43(33)44-10-6-8-40(34(44)2)32-72-52-20-50(70-30-38-16-36(22-58)24-60-26-38)42(18-46(52)56)28-62(4)48(12-14-64)54(67)68/h5-10,15-20,23-26,47-48,63-64H,11-14,27-32H2,1-4H3,(H,65,66)(H,67,68)/t47-,48-/m0/s1. The van der Waals surface area contributed by atoms with Gasteiger partial charge in [0.2, 0.25) is 0 Å². The lowest BCUT2D eigenvalue weighted by molar-refractivity contribution is -0.144. The minimum absolute atomic E-state index is 0.0217. The van der Waals surface area contributed by atoms with Crippen molar-refractivity contribution in [1.82, 2.24) is 19.8 Å². The van der Waals surface area contributed by atoms with Crippen molar-refractivity contribution in [3.63, 3.8) is 0 Å². The molecule has 0 aliphatic carbocycles. The Morgan fingerprint density at radius 1 is 0.583 bits per heavy atom. The fourth-order valence-corrected chi connectivity index (χ4v) is 8.59. The molecule has 2 heterocycles. The summed E-state index contributed by atoms with van der Waals surface area (Å²) in [7, 11) is 3.28. The molecular formula is C54H54Cl2N6O10. The number of carboxylic acid groups (broad SMARTS) is 2. The maximum absolute atomic E-state index is 12.0. The molecule has 2 aromatic heterocycles. The van der Waals surface area contributed by atoms with E-state index >= 15 is 0 Å². The molecule has 4 N–H and O–H groups in total. The van der Waals surface area contributed by atoms with Crippen molar-refractivity contribution in [3.05, 3.63) is 163 Å². The lowest BCUT2D eigenvalue weighted by Crippen LogP contribution is -2.38. The Bertz CT molecular complexity index is 2780. The van der Waals surface area contributed by atoms with E-state index in [-0.39, 0.29) is 75.6 Å². The summed E-state index contributed by atoms with van der Waals surface area (Å²) in [5.41, 5.74) is 8.82. The lowest BCUT2D eigenvalue weighted by Gasteiger charge is -2.25. The Morgan fingerprint density at radius 2 is 0.972 bits per heavy atom. The number of aliphatic hydroxyl groups excluding tert-OH is 2. The van der Waals surface area contributed by atoms with E-state index < -0.39 is 24.0 Å². The molecule has 0 saturated carbocycles. The smallest absolute Gasteiger partial charge is 0.321 e. The highest BCUT2D eigenvalue weighted by Crippen LogP contribution is 2.38. The van der Waals surface area contributed by atoms with Gasteiger partial charge in [-0.15, -0.1) is 0 Å². The number of aliphatic carboxylic acids is 2. The summed E-state index contributed by atoms with van der Waals surface area (Å²) in [6.45, 7) is 4.04. The molecule has 6 aromatic rings. The van der Waals surface area contributed by atoms with Crippen LogP contribution in [0.3, 0.4) is 0 Å². The first-order chi connectivity index (χ1) is 34.6. The van der Waals surface area contributed by atoms with Crippen LogP contribution in [0.2, 0.25) is 10.0 Å². The lowest BCUT2D eigenvalue weighted by atomic mass is 9.92. The summed E-state index contributed by atoms with van der Waals surface area (Å²) in [6.07, 6.45) is 6.12. The number of rotatable bonds is 25. The average molecular weight is 1020 g/mol. The second-order valence-electron chi connectivity index (χ2n) is 17.1. The van der Waals surface area contributed by atoms with Crippen molar-refractivity contribution >= 4 is 35.1 Å². The molecule has 0 fully saturated rings. The van der Waals surface area contributed by atoms with Gasteiger partial charge in [-0.25, -0.2) is 0 Å². The average Bonchev–Trinajstić information content (AvgIpc) is 3.36. The topological polar surface area (TPSA) is 232 Å². The van der Waals surface area contributed by atoms with Crippen LogP contribution in [0.15, 0.2) is 97.6 Å². The summed E-state index contributed by atoms with van der Waals surface area (Å²) in [4.78, 5) is 35.5. The number of pyridine rings is 2. The van der Waals surface area contributed by atoms with Gasteiger partial charge >= 0.3 is 11.9 Å². The highest BCUT2D eigenvalue weighted by atomic mass is 35.5.